The van der Waals surface area contributed by atoms with Gasteiger partial charge < -0.3 is 9.64 Å². The van der Waals surface area contributed by atoms with Crippen molar-refractivity contribution in [3.05, 3.63) is 70.2 Å². The monoisotopic (exact) mass is 395 g/mol. The van der Waals surface area contributed by atoms with Gasteiger partial charge in [0.2, 0.25) is 5.91 Å². The molecule has 4 nitrogen and oxygen atoms in total. The number of rotatable bonds is 2. The molecule has 0 radical (unpaired) electrons. The van der Waals surface area contributed by atoms with E-state index < -0.39 is 11.0 Å². The van der Waals surface area contributed by atoms with E-state index in [1.165, 1.54) is 0 Å². The number of carbonyl (C=O) groups is 2. The van der Waals surface area contributed by atoms with Gasteiger partial charge in [-0.25, -0.2) is 4.79 Å². The molecule has 1 saturated carbocycles. The average molecular weight is 396 g/mol. The molecule has 2 aromatic rings. The number of nitrogens with zero attached hydrogens (tertiary/aromatic N) is 1. The standard InChI is InChI=1S/C23H22ClNO3/c24-17-9-7-16(8-10-17)22(11-3-4-12-22)21(27)25-14-13-23(15-25)19-6-2-1-5-18(19)20(26)28-23/h1-2,5-10H,3-4,11-15H2. The molecule has 0 N–H and O–H groups in total. The van der Waals surface area contributed by atoms with E-state index in [1.807, 2.05) is 53.4 Å². The molecule has 144 valence electrons. The zero-order valence-corrected chi connectivity index (χ0v) is 16.4. The number of benzene rings is 2. The van der Waals surface area contributed by atoms with Crippen molar-refractivity contribution in [3.63, 3.8) is 0 Å². The molecule has 0 aromatic heterocycles. The van der Waals surface area contributed by atoms with Crippen LogP contribution in [-0.4, -0.2) is 29.9 Å². The molecular weight excluding hydrogens is 374 g/mol. The van der Waals surface area contributed by atoms with E-state index in [-0.39, 0.29) is 11.9 Å². The smallest absolute Gasteiger partial charge is 0.339 e. The molecule has 2 fully saturated rings. The fourth-order valence-corrected chi connectivity index (χ4v) is 5.41. The summed E-state index contributed by atoms with van der Waals surface area (Å²) in [6.45, 7) is 1.04. The highest BCUT2D eigenvalue weighted by Gasteiger charge is 2.54. The minimum atomic E-state index is -0.691. The Kier molecular flexibility index (Phi) is 4.02. The Labute approximate surface area is 169 Å². The first-order chi connectivity index (χ1) is 13.5. The largest absolute Gasteiger partial charge is 0.449 e. The van der Waals surface area contributed by atoms with Gasteiger partial charge in [0.05, 0.1) is 17.5 Å². The molecular formula is C23H22ClNO3. The molecule has 2 heterocycles. The Bertz CT molecular complexity index is 949. The van der Waals surface area contributed by atoms with E-state index in [0.29, 0.717) is 30.1 Å². The molecule has 2 aliphatic heterocycles. The second kappa shape index (κ2) is 6.35. The third-order valence-electron chi connectivity index (χ3n) is 6.71. The van der Waals surface area contributed by atoms with Crippen LogP contribution in [0.3, 0.4) is 0 Å². The number of likely N-dealkylation sites (tertiary alicyclic amines) is 1. The van der Waals surface area contributed by atoms with Gasteiger partial charge >= 0.3 is 5.97 Å². The maximum atomic E-state index is 13.7. The fourth-order valence-electron chi connectivity index (χ4n) is 5.28. The van der Waals surface area contributed by atoms with E-state index in [0.717, 1.165) is 36.8 Å². The zero-order valence-electron chi connectivity index (χ0n) is 15.6. The number of esters is 1. The first kappa shape index (κ1) is 17.7. The van der Waals surface area contributed by atoms with Crippen molar-refractivity contribution >= 4 is 23.5 Å². The van der Waals surface area contributed by atoms with Crippen LogP contribution < -0.4 is 0 Å². The number of hydrogen-bond acceptors (Lipinski definition) is 3. The molecule has 5 heteroatoms. The highest BCUT2D eigenvalue weighted by atomic mass is 35.5. The van der Waals surface area contributed by atoms with E-state index in [1.54, 1.807) is 0 Å². The van der Waals surface area contributed by atoms with Crippen molar-refractivity contribution < 1.29 is 14.3 Å². The first-order valence-corrected chi connectivity index (χ1v) is 10.3. The van der Waals surface area contributed by atoms with Crippen molar-refractivity contribution in [3.8, 4) is 0 Å². The van der Waals surface area contributed by atoms with E-state index >= 15 is 0 Å². The van der Waals surface area contributed by atoms with Gasteiger partial charge in [0.15, 0.2) is 5.60 Å². The number of hydrogen-bond donors (Lipinski definition) is 0. The van der Waals surface area contributed by atoms with Crippen molar-refractivity contribution in [2.75, 3.05) is 13.1 Å². The second-order valence-electron chi connectivity index (χ2n) is 8.20. The number of halogens is 1. The van der Waals surface area contributed by atoms with Crippen molar-refractivity contribution in [1.82, 2.24) is 4.90 Å². The summed E-state index contributed by atoms with van der Waals surface area (Å²) >= 11 is 6.07. The zero-order chi connectivity index (χ0) is 19.4. The van der Waals surface area contributed by atoms with Crippen molar-refractivity contribution in [1.29, 1.82) is 0 Å². The normalized spacial score (nSPS) is 25.2. The minimum absolute atomic E-state index is 0.157. The Balaban J connectivity index is 1.46. The van der Waals surface area contributed by atoms with Gasteiger partial charge in [-0.05, 0) is 36.6 Å². The van der Waals surface area contributed by atoms with Crippen LogP contribution in [0, 0.1) is 0 Å². The fraction of sp³-hybridized carbons (Fsp3) is 0.391. The lowest BCUT2D eigenvalue weighted by molar-refractivity contribution is -0.137. The Morgan fingerprint density at radius 2 is 1.71 bits per heavy atom. The topological polar surface area (TPSA) is 46.6 Å². The van der Waals surface area contributed by atoms with Crippen molar-refractivity contribution in [2.24, 2.45) is 0 Å². The van der Waals surface area contributed by atoms with Crippen LogP contribution in [0.15, 0.2) is 48.5 Å². The van der Waals surface area contributed by atoms with Crippen LogP contribution in [-0.2, 0) is 20.5 Å². The van der Waals surface area contributed by atoms with Crippen LogP contribution in [0.2, 0.25) is 5.02 Å². The lowest BCUT2D eigenvalue weighted by Gasteiger charge is -2.33. The molecule has 1 amide bonds. The summed E-state index contributed by atoms with van der Waals surface area (Å²) in [5.41, 5.74) is 1.41. The van der Waals surface area contributed by atoms with Crippen LogP contribution in [0.5, 0.6) is 0 Å². The Morgan fingerprint density at radius 3 is 2.46 bits per heavy atom. The summed E-state index contributed by atoms with van der Waals surface area (Å²) in [6.07, 6.45) is 4.45. The summed E-state index contributed by atoms with van der Waals surface area (Å²) in [5.74, 6) is -0.122. The van der Waals surface area contributed by atoms with Crippen LogP contribution in [0.25, 0.3) is 0 Å². The first-order valence-electron chi connectivity index (χ1n) is 9.92. The third kappa shape index (κ3) is 2.51. The molecule has 1 unspecified atom stereocenters. The van der Waals surface area contributed by atoms with Crippen LogP contribution >= 0.6 is 11.6 Å². The molecule has 5 rings (SSSR count). The molecule has 1 aliphatic carbocycles. The second-order valence-corrected chi connectivity index (χ2v) is 8.64. The molecule has 1 atom stereocenters. The number of fused-ring (bicyclic) bond motifs is 2. The minimum Gasteiger partial charge on any atom is -0.449 e. The molecule has 3 aliphatic rings. The highest BCUT2D eigenvalue weighted by Crippen LogP contribution is 2.47. The predicted molar refractivity (Wildman–Crippen MR) is 106 cm³/mol. The van der Waals surface area contributed by atoms with E-state index in [9.17, 15) is 9.59 Å². The Morgan fingerprint density at radius 1 is 1.00 bits per heavy atom. The molecule has 2 aromatic carbocycles. The van der Waals surface area contributed by atoms with Crippen LogP contribution in [0.4, 0.5) is 0 Å². The lowest BCUT2D eigenvalue weighted by Crippen LogP contribution is -2.45. The van der Waals surface area contributed by atoms with E-state index in [2.05, 4.69) is 0 Å². The summed E-state index contributed by atoms with van der Waals surface area (Å²) in [5, 5.41) is 0.680. The summed E-state index contributed by atoms with van der Waals surface area (Å²) in [6, 6.07) is 15.3. The van der Waals surface area contributed by atoms with Gasteiger partial charge in [0.25, 0.3) is 0 Å². The van der Waals surface area contributed by atoms with Gasteiger partial charge in [0.1, 0.15) is 0 Å². The van der Waals surface area contributed by atoms with Gasteiger partial charge in [-0.2, -0.15) is 0 Å². The SMILES string of the molecule is O=C1OC2(CCN(C(=O)C3(c4ccc(Cl)cc4)CCCC3)C2)c2ccccc21. The van der Waals surface area contributed by atoms with Crippen molar-refractivity contribution in [2.45, 2.75) is 43.1 Å². The van der Waals surface area contributed by atoms with Gasteiger partial charge in [-0.3, -0.25) is 4.79 Å². The highest BCUT2D eigenvalue weighted by molar-refractivity contribution is 6.30. The number of amides is 1. The lowest BCUT2D eigenvalue weighted by atomic mass is 9.77. The third-order valence-corrected chi connectivity index (χ3v) is 6.96. The van der Waals surface area contributed by atoms with Crippen LogP contribution in [0.1, 0.15) is 53.6 Å². The maximum absolute atomic E-state index is 13.7. The predicted octanol–water partition coefficient (Wildman–Crippen LogP) is 4.45. The number of carbonyl (C=O) groups excluding carboxylic acids is 2. The molecule has 0 bridgehead atoms. The summed E-state index contributed by atoms with van der Waals surface area (Å²) < 4.78 is 5.83. The van der Waals surface area contributed by atoms with E-state index in [4.69, 9.17) is 16.3 Å². The maximum Gasteiger partial charge on any atom is 0.339 e. The summed E-state index contributed by atoms with van der Waals surface area (Å²) in [4.78, 5) is 28.0. The average Bonchev–Trinajstić information content (AvgIpc) is 3.42. The molecule has 1 spiro atoms. The Hall–Kier alpha value is -2.33. The van der Waals surface area contributed by atoms with Gasteiger partial charge in [-0.15, -0.1) is 0 Å². The molecule has 28 heavy (non-hydrogen) atoms. The summed E-state index contributed by atoms with van der Waals surface area (Å²) in [7, 11) is 0. The quantitative estimate of drug-likeness (QED) is 0.706. The van der Waals surface area contributed by atoms with Gasteiger partial charge in [0, 0.05) is 23.6 Å². The van der Waals surface area contributed by atoms with Gasteiger partial charge in [-0.1, -0.05) is 54.8 Å². The number of ether oxygens (including phenoxy) is 1. The molecule has 1 saturated heterocycles.